The van der Waals surface area contributed by atoms with Gasteiger partial charge in [-0.1, -0.05) is 6.92 Å². The number of H-pyrrole nitrogens is 1. The summed E-state index contributed by atoms with van der Waals surface area (Å²) in [7, 11) is 0. The van der Waals surface area contributed by atoms with E-state index in [-0.39, 0.29) is 6.04 Å². The highest BCUT2D eigenvalue weighted by Gasteiger charge is 2.14. The van der Waals surface area contributed by atoms with Crippen LogP contribution in [0.25, 0.3) is 11.1 Å². The van der Waals surface area contributed by atoms with Crippen LogP contribution in [0, 0.1) is 0 Å². The van der Waals surface area contributed by atoms with Gasteiger partial charge in [0.2, 0.25) is 0 Å². The van der Waals surface area contributed by atoms with Crippen LogP contribution in [-0.2, 0) is 0 Å². The summed E-state index contributed by atoms with van der Waals surface area (Å²) in [5, 5.41) is 3.23. The number of nitrogen functional groups attached to an aromatic ring is 1. The number of aromatic amines is 1. The summed E-state index contributed by atoms with van der Waals surface area (Å²) >= 11 is 0. The maximum Gasteiger partial charge on any atom is 0.296 e. The van der Waals surface area contributed by atoms with E-state index in [0.717, 1.165) is 17.8 Å². The monoisotopic (exact) mass is 257 g/mol. The third kappa shape index (κ3) is 2.24. The molecule has 1 aromatic carbocycles. The van der Waals surface area contributed by atoms with Crippen LogP contribution in [0.4, 0.5) is 11.7 Å². The first-order valence-corrected chi connectivity index (χ1v) is 6.18. The zero-order valence-corrected chi connectivity index (χ0v) is 10.6. The number of hydrogen-bond donors (Lipinski definition) is 3. The summed E-state index contributed by atoms with van der Waals surface area (Å²) in [6.07, 6.45) is 4.40. The Morgan fingerprint density at radius 2 is 2.37 bits per heavy atom. The fraction of sp³-hybridized carbons (Fsp3) is 0.231. The second kappa shape index (κ2) is 4.64. The van der Waals surface area contributed by atoms with Crippen LogP contribution in [0.3, 0.4) is 0 Å². The predicted molar refractivity (Wildman–Crippen MR) is 73.7 cm³/mol. The molecule has 3 rings (SSSR count). The van der Waals surface area contributed by atoms with Crippen molar-refractivity contribution in [3.8, 4) is 0 Å². The van der Waals surface area contributed by atoms with Crippen molar-refractivity contribution in [2.45, 2.75) is 19.4 Å². The number of nitrogens with one attached hydrogen (secondary N) is 2. The number of anilines is 2. The summed E-state index contributed by atoms with van der Waals surface area (Å²) in [5.41, 5.74) is 7.84. The molecule has 0 saturated heterocycles. The van der Waals surface area contributed by atoms with Crippen molar-refractivity contribution in [1.82, 2.24) is 15.0 Å². The van der Waals surface area contributed by atoms with Crippen molar-refractivity contribution in [3.63, 3.8) is 0 Å². The molecule has 0 aliphatic carbocycles. The highest BCUT2D eigenvalue weighted by atomic mass is 16.4. The predicted octanol–water partition coefficient (Wildman–Crippen LogP) is 2.70. The first-order chi connectivity index (χ1) is 9.26. The number of aromatic nitrogens is 3. The molecule has 0 fully saturated rings. The molecule has 4 N–H and O–H groups in total. The summed E-state index contributed by atoms with van der Waals surface area (Å²) in [6.45, 7) is 2.07. The quantitative estimate of drug-likeness (QED) is 0.625. The molecule has 3 aromatic rings. The lowest BCUT2D eigenvalue weighted by molar-refractivity contribution is 0.585. The average molecular weight is 257 g/mol. The van der Waals surface area contributed by atoms with E-state index >= 15 is 0 Å². The minimum atomic E-state index is 0.0420. The van der Waals surface area contributed by atoms with Crippen molar-refractivity contribution in [3.05, 3.63) is 36.4 Å². The number of nitrogens with zero attached hydrogens (tertiary/aromatic N) is 2. The second-order valence-corrected chi connectivity index (χ2v) is 4.33. The van der Waals surface area contributed by atoms with Gasteiger partial charge in [0, 0.05) is 24.1 Å². The van der Waals surface area contributed by atoms with Crippen molar-refractivity contribution in [2.75, 3.05) is 11.1 Å². The van der Waals surface area contributed by atoms with E-state index in [0.29, 0.717) is 17.3 Å². The molecule has 2 heterocycles. The van der Waals surface area contributed by atoms with Gasteiger partial charge in [0.05, 0.1) is 6.04 Å². The van der Waals surface area contributed by atoms with E-state index in [2.05, 4.69) is 27.2 Å². The normalized spacial score (nSPS) is 12.7. The van der Waals surface area contributed by atoms with Gasteiger partial charge in [-0.05, 0) is 18.6 Å². The number of benzene rings is 1. The van der Waals surface area contributed by atoms with Crippen molar-refractivity contribution in [1.29, 1.82) is 0 Å². The fourth-order valence-electron chi connectivity index (χ4n) is 1.98. The van der Waals surface area contributed by atoms with Gasteiger partial charge in [0.25, 0.3) is 6.01 Å². The zero-order chi connectivity index (χ0) is 13.2. The fourth-order valence-corrected chi connectivity index (χ4v) is 1.98. The van der Waals surface area contributed by atoms with E-state index in [4.69, 9.17) is 10.2 Å². The summed E-state index contributed by atoms with van der Waals surface area (Å²) in [6, 6.07) is 5.93. The van der Waals surface area contributed by atoms with Crippen LogP contribution in [-0.4, -0.2) is 15.0 Å². The molecule has 0 aliphatic heterocycles. The van der Waals surface area contributed by atoms with E-state index in [1.807, 2.05) is 6.07 Å². The van der Waals surface area contributed by atoms with Crippen LogP contribution < -0.4 is 11.1 Å². The highest BCUT2D eigenvalue weighted by Crippen LogP contribution is 2.24. The minimum absolute atomic E-state index is 0.0420. The van der Waals surface area contributed by atoms with Gasteiger partial charge in [-0.2, -0.15) is 4.98 Å². The molecule has 0 amide bonds. The Hall–Kier alpha value is -2.50. The van der Waals surface area contributed by atoms with Crippen molar-refractivity contribution >= 4 is 22.8 Å². The third-order valence-electron chi connectivity index (χ3n) is 2.97. The molecule has 2 aromatic heterocycles. The number of hydrogen-bond acceptors (Lipinski definition) is 5. The molecule has 0 saturated carbocycles. The molecule has 1 unspecified atom stereocenters. The molecule has 0 aliphatic rings. The van der Waals surface area contributed by atoms with Gasteiger partial charge in [0.1, 0.15) is 11.3 Å². The molecule has 0 spiro atoms. The van der Waals surface area contributed by atoms with Gasteiger partial charge in [0.15, 0.2) is 5.58 Å². The lowest BCUT2D eigenvalue weighted by atomic mass is 10.2. The van der Waals surface area contributed by atoms with Crippen LogP contribution in [0.2, 0.25) is 0 Å². The first kappa shape index (κ1) is 11.6. The molecule has 98 valence electrons. The molecule has 0 bridgehead atoms. The Bertz CT molecular complexity index is 673. The standard InChI is InChI=1S/C13H15N5O/c1-2-9(12-15-5-6-16-12)17-13-18-10-4-3-8(14)7-11(10)19-13/h3-7,9H,2,14H2,1H3,(H,15,16)(H,17,18). The highest BCUT2D eigenvalue weighted by molar-refractivity contribution is 5.78. The smallest absolute Gasteiger partial charge is 0.296 e. The van der Waals surface area contributed by atoms with Crippen LogP contribution >= 0.6 is 0 Å². The number of nitrogens with two attached hydrogens (primary N) is 1. The summed E-state index contributed by atoms with van der Waals surface area (Å²) in [4.78, 5) is 11.7. The van der Waals surface area contributed by atoms with E-state index < -0.39 is 0 Å². The van der Waals surface area contributed by atoms with Gasteiger partial charge in [-0.3, -0.25) is 0 Å². The van der Waals surface area contributed by atoms with E-state index in [1.54, 1.807) is 24.5 Å². The van der Waals surface area contributed by atoms with Gasteiger partial charge in [-0.15, -0.1) is 0 Å². The van der Waals surface area contributed by atoms with Crippen LogP contribution in [0.1, 0.15) is 25.2 Å². The molecular formula is C13H15N5O. The number of fused-ring (bicyclic) bond motifs is 1. The van der Waals surface area contributed by atoms with Crippen molar-refractivity contribution < 1.29 is 4.42 Å². The molecular weight excluding hydrogens is 242 g/mol. The molecule has 19 heavy (non-hydrogen) atoms. The Morgan fingerprint density at radius 1 is 1.47 bits per heavy atom. The average Bonchev–Trinajstić information content (AvgIpc) is 3.04. The molecule has 1 atom stereocenters. The van der Waals surface area contributed by atoms with Crippen LogP contribution in [0.5, 0.6) is 0 Å². The molecule has 6 nitrogen and oxygen atoms in total. The zero-order valence-electron chi connectivity index (χ0n) is 10.6. The SMILES string of the molecule is CCC(Nc1nc2ccc(N)cc2o1)c1ncc[nH]1. The molecule has 0 radical (unpaired) electrons. The van der Waals surface area contributed by atoms with Crippen molar-refractivity contribution in [2.24, 2.45) is 0 Å². The Balaban J connectivity index is 1.88. The second-order valence-electron chi connectivity index (χ2n) is 4.33. The summed E-state index contributed by atoms with van der Waals surface area (Å²) < 4.78 is 5.64. The number of rotatable bonds is 4. The topological polar surface area (TPSA) is 92.8 Å². The van der Waals surface area contributed by atoms with Gasteiger partial charge < -0.3 is 20.5 Å². The third-order valence-corrected chi connectivity index (χ3v) is 2.97. The number of oxazole rings is 1. The maximum absolute atomic E-state index is 5.71. The van der Waals surface area contributed by atoms with Crippen LogP contribution in [0.15, 0.2) is 35.0 Å². The Labute approximate surface area is 110 Å². The Morgan fingerprint density at radius 3 is 3.11 bits per heavy atom. The first-order valence-electron chi connectivity index (χ1n) is 6.18. The summed E-state index contributed by atoms with van der Waals surface area (Å²) in [5.74, 6) is 0.865. The van der Waals surface area contributed by atoms with Gasteiger partial charge in [-0.25, -0.2) is 4.98 Å². The minimum Gasteiger partial charge on any atom is -0.423 e. The number of imidazole rings is 1. The molecule has 6 heteroatoms. The van der Waals surface area contributed by atoms with E-state index in [1.165, 1.54) is 0 Å². The maximum atomic E-state index is 5.71. The Kier molecular flexibility index (Phi) is 2.83. The lowest BCUT2D eigenvalue weighted by Crippen LogP contribution is -2.11. The lowest BCUT2D eigenvalue weighted by Gasteiger charge is -2.12. The van der Waals surface area contributed by atoms with Gasteiger partial charge >= 0.3 is 0 Å². The van der Waals surface area contributed by atoms with E-state index in [9.17, 15) is 0 Å². The largest absolute Gasteiger partial charge is 0.423 e.